The van der Waals surface area contributed by atoms with Crippen molar-refractivity contribution in [2.75, 3.05) is 23.7 Å². The summed E-state index contributed by atoms with van der Waals surface area (Å²) in [4.78, 5) is 26.8. The van der Waals surface area contributed by atoms with Gasteiger partial charge in [0, 0.05) is 23.3 Å². The molecule has 1 aliphatic carbocycles. The molecule has 2 N–H and O–H groups in total. The molecule has 28 heavy (non-hydrogen) atoms. The zero-order valence-corrected chi connectivity index (χ0v) is 16.7. The number of amides is 3. The maximum atomic E-state index is 12.8. The maximum absolute atomic E-state index is 12.8. The molecule has 0 radical (unpaired) electrons. The first-order chi connectivity index (χ1) is 13.5. The summed E-state index contributed by atoms with van der Waals surface area (Å²) in [5.41, 5.74) is 0.635. The van der Waals surface area contributed by atoms with Crippen LogP contribution in [0.15, 0.2) is 34.9 Å². The average Bonchev–Trinajstić information content (AvgIpc) is 3.08. The fourth-order valence-corrected chi connectivity index (χ4v) is 3.54. The van der Waals surface area contributed by atoms with Gasteiger partial charge in [-0.25, -0.2) is 4.79 Å². The third-order valence-electron chi connectivity index (χ3n) is 4.82. The lowest BCUT2D eigenvalue weighted by Gasteiger charge is -2.29. The minimum Gasteiger partial charge on any atom is -0.360 e. The number of carbonyl (C=O) groups is 2. The third kappa shape index (κ3) is 5.99. The van der Waals surface area contributed by atoms with Crippen molar-refractivity contribution >= 4 is 35.0 Å². The number of rotatable bonds is 6. The zero-order valence-electron chi connectivity index (χ0n) is 15.9. The Morgan fingerprint density at radius 3 is 2.54 bits per heavy atom. The topological polar surface area (TPSA) is 87.5 Å². The number of hydrogen-bond donors (Lipinski definition) is 2. The number of aromatic nitrogens is 1. The molecule has 1 heterocycles. The quantitative estimate of drug-likeness (QED) is 0.731. The molecule has 0 atom stereocenters. The minimum atomic E-state index is -0.310. The number of nitrogens with zero attached hydrogens (tertiary/aromatic N) is 2. The largest absolute Gasteiger partial charge is 0.360 e. The van der Waals surface area contributed by atoms with Crippen LogP contribution < -0.4 is 10.6 Å². The Bertz CT molecular complexity index is 800. The second kappa shape index (κ2) is 9.59. The van der Waals surface area contributed by atoms with E-state index >= 15 is 0 Å². The van der Waals surface area contributed by atoms with Crippen molar-refractivity contribution in [3.05, 3.63) is 41.1 Å². The second-order valence-corrected chi connectivity index (χ2v) is 7.63. The van der Waals surface area contributed by atoms with Gasteiger partial charge in [0.05, 0.1) is 0 Å². The highest BCUT2D eigenvalue weighted by molar-refractivity contribution is 6.30. The molecule has 1 aliphatic rings. The van der Waals surface area contributed by atoms with Crippen molar-refractivity contribution in [3.8, 4) is 0 Å². The first-order valence-electron chi connectivity index (χ1n) is 9.54. The van der Waals surface area contributed by atoms with Crippen molar-refractivity contribution < 1.29 is 14.1 Å². The molecule has 2 aromatic rings. The molecule has 0 unspecified atom stereocenters. The van der Waals surface area contributed by atoms with Crippen LogP contribution in [0.5, 0.6) is 0 Å². The fraction of sp³-hybridized carbons (Fsp3) is 0.450. The van der Waals surface area contributed by atoms with E-state index in [4.69, 9.17) is 16.1 Å². The van der Waals surface area contributed by atoms with Gasteiger partial charge in [-0.1, -0.05) is 36.0 Å². The highest BCUT2D eigenvalue weighted by atomic mass is 35.5. The lowest BCUT2D eigenvalue weighted by atomic mass is 9.89. The monoisotopic (exact) mass is 404 g/mol. The van der Waals surface area contributed by atoms with Crippen LogP contribution in [0.4, 0.5) is 16.3 Å². The standard InChI is InChI=1S/C20H25ClN4O3/c1-14-11-18(24-28-14)23-19(26)13-25(12-15-5-3-2-4-6-15)20(27)22-17-9-7-16(21)8-10-17/h7-11,15H,2-6,12-13H2,1H3,(H,22,27)(H,23,24,26). The summed E-state index contributed by atoms with van der Waals surface area (Å²) >= 11 is 5.90. The van der Waals surface area contributed by atoms with Crippen LogP contribution in [0, 0.1) is 12.8 Å². The van der Waals surface area contributed by atoms with Gasteiger partial charge in [0.2, 0.25) is 5.91 Å². The van der Waals surface area contributed by atoms with Gasteiger partial charge < -0.3 is 20.1 Å². The number of halogens is 1. The SMILES string of the molecule is Cc1cc(NC(=O)CN(CC2CCCCC2)C(=O)Nc2ccc(Cl)cc2)no1. The van der Waals surface area contributed by atoms with E-state index in [9.17, 15) is 9.59 Å². The second-order valence-electron chi connectivity index (χ2n) is 7.19. The maximum Gasteiger partial charge on any atom is 0.322 e. The van der Waals surface area contributed by atoms with Gasteiger partial charge in [0.25, 0.3) is 0 Å². The minimum absolute atomic E-state index is 0.0537. The molecule has 1 aromatic carbocycles. The molecule has 1 saturated carbocycles. The molecule has 8 heteroatoms. The van der Waals surface area contributed by atoms with Crippen LogP contribution in [-0.2, 0) is 4.79 Å². The summed E-state index contributed by atoms with van der Waals surface area (Å²) in [6.07, 6.45) is 5.73. The summed E-state index contributed by atoms with van der Waals surface area (Å²) in [5.74, 6) is 1.05. The van der Waals surface area contributed by atoms with Crippen LogP contribution in [0.25, 0.3) is 0 Å². The van der Waals surface area contributed by atoms with Crippen molar-refractivity contribution in [1.29, 1.82) is 0 Å². The van der Waals surface area contributed by atoms with Crippen LogP contribution in [-0.4, -0.2) is 35.1 Å². The number of nitrogens with one attached hydrogen (secondary N) is 2. The first-order valence-corrected chi connectivity index (χ1v) is 9.92. The van der Waals surface area contributed by atoms with E-state index in [1.165, 1.54) is 19.3 Å². The van der Waals surface area contributed by atoms with E-state index in [0.29, 0.717) is 34.8 Å². The van der Waals surface area contributed by atoms with Gasteiger partial charge in [-0.3, -0.25) is 4.79 Å². The Kier molecular flexibility index (Phi) is 6.92. The van der Waals surface area contributed by atoms with Gasteiger partial charge in [-0.2, -0.15) is 0 Å². The van der Waals surface area contributed by atoms with E-state index in [1.807, 2.05) is 0 Å². The van der Waals surface area contributed by atoms with E-state index in [0.717, 1.165) is 12.8 Å². The molecular formula is C20H25ClN4O3. The highest BCUT2D eigenvalue weighted by Crippen LogP contribution is 2.25. The number of carbonyl (C=O) groups excluding carboxylic acids is 2. The van der Waals surface area contributed by atoms with Crippen molar-refractivity contribution in [2.45, 2.75) is 39.0 Å². The molecule has 0 saturated heterocycles. The van der Waals surface area contributed by atoms with Gasteiger partial charge in [0.15, 0.2) is 5.82 Å². The molecule has 150 valence electrons. The number of hydrogen-bond acceptors (Lipinski definition) is 4. The van der Waals surface area contributed by atoms with E-state index < -0.39 is 0 Å². The van der Waals surface area contributed by atoms with Crippen LogP contribution in [0.3, 0.4) is 0 Å². The summed E-state index contributed by atoms with van der Waals surface area (Å²) in [6, 6.07) is 8.22. The van der Waals surface area contributed by atoms with Gasteiger partial charge in [0.1, 0.15) is 12.3 Å². The van der Waals surface area contributed by atoms with E-state index in [-0.39, 0.29) is 18.5 Å². The van der Waals surface area contributed by atoms with Gasteiger partial charge in [-0.05, 0) is 49.9 Å². The van der Waals surface area contributed by atoms with Crippen molar-refractivity contribution in [1.82, 2.24) is 10.1 Å². The summed E-state index contributed by atoms with van der Waals surface area (Å²) in [5, 5.41) is 9.88. The van der Waals surface area contributed by atoms with Crippen LogP contribution >= 0.6 is 11.6 Å². The smallest absolute Gasteiger partial charge is 0.322 e. The third-order valence-corrected chi connectivity index (χ3v) is 5.07. The van der Waals surface area contributed by atoms with Crippen LogP contribution in [0.1, 0.15) is 37.9 Å². The molecule has 7 nitrogen and oxygen atoms in total. The summed E-state index contributed by atoms with van der Waals surface area (Å²) in [7, 11) is 0. The lowest BCUT2D eigenvalue weighted by molar-refractivity contribution is -0.116. The highest BCUT2D eigenvalue weighted by Gasteiger charge is 2.23. The molecule has 3 rings (SSSR count). The van der Waals surface area contributed by atoms with Crippen LogP contribution in [0.2, 0.25) is 5.02 Å². The Labute approximate surface area is 169 Å². The summed E-state index contributed by atoms with van der Waals surface area (Å²) < 4.78 is 4.96. The Hall–Kier alpha value is -2.54. The fourth-order valence-electron chi connectivity index (χ4n) is 3.42. The van der Waals surface area contributed by atoms with Gasteiger partial charge in [-0.15, -0.1) is 0 Å². The zero-order chi connectivity index (χ0) is 19.9. The molecule has 3 amide bonds. The average molecular weight is 405 g/mol. The molecule has 1 fully saturated rings. The molecule has 0 bridgehead atoms. The summed E-state index contributed by atoms with van der Waals surface area (Å²) in [6.45, 7) is 2.24. The number of anilines is 2. The number of benzene rings is 1. The predicted molar refractivity (Wildman–Crippen MR) is 108 cm³/mol. The number of urea groups is 1. The normalized spacial score (nSPS) is 14.5. The Morgan fingerprint density at radius 1 is 1.18 bits per heavy atom. The Morgan fingerprint density at radius 2 is 1.89 bits per heavy atom. The number of aryl methyl sites for hydroxylation is 1. The van der Waals surface area contributed by atoms with Crippen molar-refractivity contribution in [3.63, 3.8) is 0 Å². The lowest BCUT2D eigenvalue weighted by Crippen LogP contribution is -2.43. The Balaban J connectivity index is 1.65. The molecule has 0 spiro atoms. The van der Waals surface area contributed by atoms with Crippen molar-refractivity contribution in [2.24, 2.45) is 5.92 Å². The predicted octanol–water partition coefficient (Wildman–Crippen LogP) is 4.69. The van der Waals surface area contributed by atoms with E-state index in [1.54, 1.807) is 42.2 Å². The molecule has 1 aromatic heterocycles. The molecule has 0 aliphatic heterocycles. The first kappa shape index (κ1) is 20.2. The van der Waals surface area contributed by atoms with Gasteiger partial charge >= 0.3 is 6.03 Å². The van der Waals surface area contributed by atoms with E-state index in [2.05, 4.69) is 15.8 Å². The molecular weight excluding hydrogens is 380 g/mol.